The average Bonchev–Trinajstić information content (AvgIpc) is 2.56. The lowest BCUT2D eigenvalue weighted by molar-refractivity contribution is 0.102. The fraction of sp³-hybridized carbons (Fsp3) is 0.333. The summed E-state index contributed by atoms with van der Waals surface area (Å²) in [7, 11) is 2.12. The van der Waals surface area contributed by atoms with Crippen LogP contribution in [0.4, 0.5) is 11.5 Å². The zero-order valence-electron chi connectivity index (χ0n) is 13.6. The zero-order chi connectivity index (χ0) is 16.2. The maximum absolute atomic E-state index is 12.4. The van der Waals surface area contributed by atoms with E-state index in [-0.39, 0.29) is 5.91 Å². The second kappa shape index (κ2) is 6.79. The molecule has 120 valence electrons. The molecular formula is C18H22N4O. The normalized spacial score (nSPS) is 15.5. The first-order valence-electron chi connectivity index (χ1n) is 7.90. The smallest absolute Gasteiger partial charge is 0.274 e. The van der Waals surface area contributed by atoms with Crippen molar-refractivity contribution in [3.8, 4) is 0 Å². The van der Waals surface area contributed by atoms with Crippen molar-refractivity contribution in [3.63, 3.8) is 0 Å². The summed E-state index contributed by atoms with van der Waals surface area (Å²) in [6.45, 7) is 5.91. The molecule has 0 atom stereocenters. The van der Waals surface area contributed by atoms with Gasteiger partial charge in [0.25, 0.3) is 5.91 Å². The summed E-state index contributed by atoms with van der Waals surface area (Å²) < 4.78 is 0. The number of hydrogen-bond acceptors (Lipinski definition) is 4. The molecule has 0 bridgehead atoms. The Kier molecular flexibility index (Phi) is 4.57. The van der Waals surface area contributed by atoms with Crippen molar-refractivity contribution >= 4 is 17.4 Å². The van der Waals surface area contributed by atoms with Gasteiger partial charge in [-0.3, -0.25) is 4.79 Å². The number of rotatable bonds is 3. The third kappa shape index (κ3) is 3.87. The largest absolute Gasteiger partial charge is 0.354 e. The maximum Gasteiger partial charge on any atom is 0.274 e. The molecule has 23 heavy (non-hydrogen) atoms. The summed E-state index contributed by atoms with van der Waals surface area (Å²) in [6.07, 6.45) is 0. The molecule has 1 N–H and O–H groups in total. The van der Waals surface area contributed by atoms with Crippen LogP contribution < -0.4 is 10.2 Å². The fourth-order valence-electron chi connectivity index (χ4n) is 2.68. The van der Waals surface area contributed by atoms with E-state index in [4.69, 9.17) is 0 Å². The van der Waals surface area contributed by atoms with E-state index in [1.54, 1.807) is 6.07 Å². The molecule has 2 aromatic rings. The molecule has 1 aromatic carbocycles. The lowest BCUT2D eigenvalue weighted by Gasteiger charge is -2.33. The van der Waals surface area contributed by atoms with Gasteiger partial charge in [0.15, 0.2) is 0 Å². The lowest BCUT2D eigenvalue weighted by atomic mass is 10.2. The molecule has 1 fully saturated rings. The van der Waals surface area contributed by atoms with Crippen LogP contribution in [0.25, 0.3) is 0 Å². The average molecular weight is 310 g/mol. The van der Waals surface area contributed by atoms with Gasteiger partial charge in [-0.05, 0) is 43.8 Å². The number of aromatic nitrogens is 1. The summed E-state index contributed by atoms with van der Waals surface area (Å²) in [5, 5.41) is 2.91. The molecule has 2 heterocycles. The van der Waals surface area contributed by atoms with Crippen molar-refractivity contribution < 1.29 is 4.79 Å². The molecule has 1 aromatic heterocycles. The number of amides is 1. The zero-order valence-corrected chi connectivity index (χ0v) is 13.6. The Balaban J connectivity index is 1.72. The van der Waals surface area contributed by atoms with Crippen molar-refractivity contribution in [2.75, 3.05) is 43.4 Å². The first kappa shape index (κ1) is 15.5. The van der Waals surface area contributed by atoms with E-state index in [1.165, 1.54) is 0 Å². The van der Waals surface area contributed by atoms with E-state index >= 15 is 0 Å². The quantitative estimate of drug-likeness (QED) is 0.946. The Morgan fingerprint density at radius 3 is 2.57 bits per heavy atom. The Morgan fingerprint density at radius 1 is 1.09 bits per heavy atom. The van der Waals surface area contributed by atoms with Gasteiger partial charge in [-0.1, -0.05) is 18.2 Å². The van der Waals surface area contributed by atoms with E-state index in [0.717, 1.165) is 43.2 Å². The highest BCUT2D eigenvalue weighted by molar-refractivity contribution is 6.03. The van der Waals surface area contributed by atoms with E-state index in [9.17, 15) is 4.79 Å². The molecule has 0 unspecified atom stereocenters. The number of aryl methyl sites for hydroxylation is 1. The van der Waals surface area contributed by atoms with E-state index in [2.05, 4.69) is 27.1 Å². The predicted molar refractivity (Wildman–Crippen MR) is 93.1 cm³/mol. The standard InChI is InChI=1S/C18H22N4O/c1-14-5-3-6-15(13-14)19-18(23)16-7-4-8-17(20-16)22-11-9-21(2)10-12-22/h3-8,13H,9-12H2,1-2H3,(H,19,23). The number of piperazine rings is 1. The number of anilines is 2. The number of nitrogens with one attached hydrogen (secondary N) is 1. The molecule has 3 rings (SSSR count). The number of likely N-dealkylation sites (N-methyl/N-ethyl adjacent to an activating group) is 1. The number of nitrogens with zero attached hydrogens (tertiary/aromatic N) is 3. The Morgan fingerprint density at radius 2 is 1.83 bits per heavy atom. The van der Waals surface area contributed by atoms with Crippen LogP contribution in [0.15, 0.2) is 42.5 Å². The van der Waals surface area contributed by atoms with Crippen LogP contribution >= 0.6 is 0 Å². The Bertz CT molecular complexity index is 693. The minimum Gasteiger partial charge on any atom is -0.354 e. The second-order valence-corrected chi connectivity index (χ2v) is 5.99. The Labute approximate surface area is 136 Å². The minimum atomic E-state index is -0.174. The highest BCUT2D eigenvalue weighted by Gasteiger charge is 2.16. The van der Waals surface area contributed by atoms with E-state index in [1.807, 2.05) is 43.3 Å². The molecule has 1 aliphatic rings. The second-order valence-electron chi connectivity index (χ2n) is 5.99. The molecule has 1 saturated heterocycles. The van der Waals surface area contributed by atoms with E-state index < -0.39 is 0 Å². The number of carbonyl (C=O) groups excluding carboxylic acids is 1. The molecule has 5 nitrogen and oxygen atoms in total. The van der Waals surface area contributed by atoms with Gasteiger partial charge in [0.2, 0.25) is 0 Å². The highest BCUT2D eigenvalue weighted by Crippen LogP contribution is 2.15. The highest BCUT2D eigenvalue weighted by atomic mass is 16.1. The van der Waals surface area contributed by atoms with E-state index in [0.29, 0.717) is 5.69 Å². The third-order valence-corrected chi connectivity index (χ3v) is 4.07. The molecule has 1 amide bonds. The van der Waals surface area contributed by atoms with Gasteiger partial charge in [-0.25, -0.2) is 4.98 Å². The van der Waals surface area contributed by atoms with Crippen LogP contribution in [0.5, 0.6) is 0 Å². The summed E-state index contributed by atoms with van der Waals surface area (Å²) in [5.74, 6) is 0.696. The van der Waals surface area contributed by atoms with Crippen LogP contribution in [-0.2, 0) is 0 Å². The van der Waals surface area contributed by atoms with Gasteiger partial charge in [0.05, 0.1) is 0 Å². The van der Waals surface area contributed by atoms with Crippen molar-refractivity contribution in [2.24, 2.45) is 0 Å². The Hall–Kier alpha value is -2.40. The third-order valence-electron chi connectivity index (χ3n) is 4.07. The number of benzene rings is 1. The van der Waals surface area contributed by atoms with Crippen LogP contribution in [0.1, 0.15) is 16.1 Å². The van der Waals surface area contributed by atoms with Gasteiger partial charge in [0.1, 0.15) is 11.5 Å². The van der Waals surface area contributed by atoms with Gasteiger partial charge in [-0.2, -0.15) is 0 Å². The summed E-state index contributed by atoms with van der Waals surface area (Å²) in [6, 6.07) is 13.4. The van der Waals surface area contributed by atoms with Gasteiger partial charge < -0.3 is 15.1 Å². The minimum absolute atomic E-state index is 0.174. The number of pyridine rings is 1. The lowest BCUT2D eigenvalue weighted by Crippen LogP contribution is -2.44. The maximum atomic E-state index is 12.4. The summed E-state index contributed by atoms with van der Waals surface area (Å²) in [4.78, 5) is 21.5. The molecule has 0 aliphatic carbocycles. The van der Waals surface area contributed by atoms with Crippen LogP contribution in [0.3, 0.4) is 0 Å². The van der Waals surface area contributed by atoms with Crippen LogP contribution in [0, 0.1) is 6.92 Å². The molecule has 0 spiro atoms. The van der Waals surface area contributed by atoms with Crippen molar-refractivity contribution in [3.05, 3.63) is 53.7 Å². The topological polar surface area (TPSA) is 48.5 Å². The van der Waals surface area contributed by atoms with Crippen molar-refractivity contribution in [1.29, 1.82) is 0 Å². The van der Waals surface area contributed by atoms with Gasteiger partial charge >= 0.3 is 0 Å². The molecule has 1 aliphatic heterocycles. The van der Waals surface area contributed by atoms with Gasteiger partial charge in [0, 0.05) is 31.9 Å². The van der Waals surface area contributed by atoms with Crippen molar-refractivity contribution in [2.45, 2.75) is 6.92 Å². The fourth-order valence-corrected chi connectivity index (χ4v) is 2.68. The first-order valence-corrected chi connectivity index (χ1v) is 7.90. The molecule has 5 heteroatoms. The number of carbonyl (C=O) groups is 1. The predicted octanol–water partition coefficient (Wildman–Crippen LogP) is 2.39. The monoisotopic (exact) mass is 310 g/mol. The van der Waals surface area contributed by atoms with Crippen LogP contribution in [0.2, 0.25) is 0 Å². The number of hydrogen-bond donors (Lipinski definition) is 1. The van der Waals surface area contributed by atoms with Crippen LogP contribution in [-0.4, -0.2) is 49.0 Å². The SMILES string of the molecule is Cc1cccc(NC(=O)c2cccc(N3CCN(C)CC3)n2)c1. The summed E-state index contributed by atoms with van der Waals surface area (Å²) >= 11 is 0. The first-order chi connectivity index (χ1) is 11.1. The molecule has 0 radical (unpaired) electrons. The molecule has 0 saturated carbocycles. The van der Waals surface area contributed by atoms with Crippen molar-refractivity contribution in [1.82, 2.24) is 9.88 Å². The summed E-state index contributed by atoms with van der Waals surface area (Å²) in [5.41, 5.74) is 2.35. The van der Waals surface area contributed by atoms with Gasteiger partial charge in [-0.15, -0.1) is 0 Å². The molecular weight excluding hydrogens is 288 g/mol.